The van der Waals surface area contributed by atoms with Crippen molar-refractivity contribution in [1.82, 2.24) is 29.5 Å². The Kier molecular flexibility index (Phi) is 7.33. The molecule has 0 spiro atoms. The Morgan fingerprint density at radius 2 is 2.06 bits per heavy atom. The summed E-state index contributed by atoms with van der Waals surface area (Å²) in [6, 6.07) is 3.27. The van der Waals surface area contributed by atoms with Crippen molar-refractivity contribution in [2.24, 2.45) is 5.92 Å². The highest BCUT2D eigenvalue weighted by atomic mass is 79.9. The molecule has 0 unspecified atom stereocenters. The lowest BCUT2D eigenvalue weighted by molar-refractivity contribution is 0.103. The number of hydrogen-bond donors (Lipinski definition) is 4. The molecule has 3 atom stereocenters. The van der Waals surface area contributed by atoms with E-state index in [1.54, 1.807) is 29.3 Å². The molecule has 0 radical (unpaired) electrons. The van der Waals surface area contributed by atoms with E-state index >= 15 is 0 Å². The molecule has 3 aromatic rings. The number of nitrogens with one attached hydrogen (secondary N) is 2. The largest absolute Gasteiger partial charge is 0.393 e. The maximum absolute atomic E-state index is 13.1. The van der Waals surface area contributed by atoms with Gasteiger partial charge in [-0.15, -0.1) is 0 Å². The molecule has 4 rings (SSSR count). The number of ketones is 1. The summed E-state index contributed by atoms with van der Waals surface area (Å²) in [5, 5.41) is 17.8. The number of aliphatic hydroxyl groups is 1. The number of aromatic nitrogens is 5. The summed E-state index contributed by atoms with van der Waals surface area (Å²) in [6.07, 6.45) is 7.76. The lowest BCUT2D eigenvalue weighted by Crippen LogP contribution is -2.32. The summed E-state index contributed by atoms with van der Waals surface area (Å²) in [7, 11) is -4.34. The first-order chi connectivity index (χ1) is 16.2. The standard InChI is InChI=1S/C20H22BrN7O5S/c21-14-3-12(6-22-8-14)10-28-2-1-17(27-28)19(30)16-9-23-11-24-20(16)26-15-4-13(18(29)5-15)7-25-34(31,32)33/h1-3,6,8-9,11,13,15,18,25,29H,4-5,7,10H2,(H,23,24,26)(H,31,32,33)/t13-,15-,18+/m1/s1. The third-order valence-electron chi connectivity index (χ3n) is 5.46. The molecular formula is C20H22BrN7O5S. The molecule has 1 fully saturated rings. The molecule has 0 aliphatic heterocycles. The Bertz CT molecular complexity index is 1290. The number of nitrogens with zero attached hydrogens (tertiary/aromatic N) is 5. The zero-order valence-electron chi connectivity index (χ0n) is 17.7. The van der Waals surface area contributed by atoms with E-state index < -0.39 is 22.3 Å². The van der Waals surface area contributed by atoms with Crippen molar-refractivity contribution >= 4 is 37.8 Å². The Morgan fingerprint density at radius 1 is 1.24 bits per heavy atom. The van der Waals surface area contributed by atoms with Crippen molar-refractivity contribution in [1.29, 1.82) is 0 Å². The van der Waals surface area contributed by atoms with Crippen LogP contribution in [0.1, 0.15) is 34.5 Å². The van der Waals surface area contributed by atoms with Crippen LogP contribution in [0.5, 0.6) is 0 Å². The van der Waals surface area contributed by atoms with E-state index in [4.69, 9.17) is 4.55 Å². The van der Waals surface area contributed by atoms with Gasteiger partial charge in [0.2, 0.25) is 5.78 Å². The number of halogens is 1. The van der Waals surface area contributed by atoms with E-state index in [0.29, 0.717) is 25.2 Å². The summed E-state index contributed by atoms with van der Waals surface area (Å²) in [6.45, 7) is 0.341. The first-order valence-corrected chi connectivity index (χ1v) is 12.6. The first kappa shape index (κ1) is 24.3. The minimum atomic E-state index is -4.34. The van der Waals surface area contributed by atoms with Crippen molar-refractivity contribution in [3.05, 3.63) is 64.5 Å². The minimum absolute atomic E-state index is 0.0985. The molecule has 1 saturated carbocycles. The summed E-state index contributed by atoms with van der Waals surface area (Å²) < 4.78 is 35.2. The number of aliphatic hydroxyl groups excluding tert-OH is 1. The fourth-order valence-corrected chi connectivity index (χ4v) is 4.73. The van der Waals surface area contributed by atoms with E-state index in [-0.39, 0.29) is 29.6 Å². The molecule has 12 nitrogen and oxygen atoms in total. The van der Waals surface area contributed by atoms with Crippen LogP contribution in [0.4, 0.5) is 5.82 Å². The fourth-order valence-electron chi connectivity index (χ4n) is 3.89. The maximum Gasteiger partial charge on any atom is 0.333 e. The molecular weight excluding hydrogens is 530 g/mol. The molecule has 3 heterocycles. The van der Waals surface area contributed by atoms with Crippen LogP contribution in [-0.4, -0.2) is 67.3 Å². The molecule has 1 aliphatic rings. The molecule has 0 amide bonds. The Labute approximate surface area is 203 Å². The van der Waals surface area contributed by atoms with Gasteiger partial charge in [0, 0.05) is 47.8 Å². The van der Waals surface area contributed by atoms with E-state index in [1.807, 2.05) is 10.8 Å². The second-order valence-corrected chi connectivity index (χ2v) is 10.1. The lowest BCUT2D eigenvalue weighted by Gasteiger charge is -2.15. The van der Waals surface area contributed by atoms with Crippen molar-refractivity contribution in [2.75, 3.05) is 11.9 Å². The lowest BCUT2D eigenvalue weighted by atomic mass is 10.1. The van der Waals surface area contributed by atoms with Crippen LogP contribution in [0.15, 0.2) is 47.7 Å². The molecule has 14 heteroatoms. The highest BCUT2D eigenvalue weighted by Crippen LogP contribution is 2.29. The Balaban J connectivity index is 1.44. The summed E-state index contributed by atoms with van der Waals surface area (Å²) >= 11 is 3.38. The fraction of sp³-hybridized carbons (Fsp3) is 0.350. The predicted molar refractivity (Wildman–Crippen MR) is 124 cm³/mol. The highest BCUT2D eigenvalue weighted by Gasteiger charge is 2.34. The van der Waals surface area contributed by atoms with Gasteiger partial charge in [0.15, 0.2) is 0 Å². The SMILES string of the molecule is O=C(c1ccn(Cc2cncc(Br)c2)n1)c1cncnc1N[C@@H]1C[C@H](CNS(=O)(=O)O)[C@@H](O)C1. The number of anilines is 1. The first-order valence-electron chi connectivity index (χ1n) is 10.3. The number of pyridine rings is 1. The monoisotopic (exact) mass is 551 g/mol. The van der Waals surface area contributed by atoms with Crippen LogP contribution in [0.3, 0.4) is 0 Å². The van der Waals surface area contributed by atoms with Crippen molar-refractivity contribution < 1.29 is 22.9 Å². The van der Waals surface area contributed by atoms with Crippen molar-refractivity contribution in [3.63, 3.8) is 0 Å². The van der Waals surface area contributed by atoms with E-state index in [2.05, 4.69) is 41.3 Å². The highest BCUT2D eigenvalue weighted by molar-refractivity contribution is 9.10. The van der Waals surface area contributed by atoms with Gasteiger partial charge in [0.05, 0.1) is 18.2 Å². The van der Waals surface area contributed by atoms with Gasteiger partial charge in [-0.2, -0.15) is 18.2 Å². The Morgan fingerprint density at radius 3 is 2.82 bits per heavy atom. The molecule has 0 aromatic carbocycles. The summed E-state index contributed by atoms with van der Waals surface area (Å²) in [5.74, 6) is -0.465. The minimum Gasteiger partial charge on any atom is -0.393 e. The zero-order chi connectivity index (χ0) is 24.3. The molecule has 180 valence electrons. The van der Waals surface area contributed by atoms with Crippen LogP contribution < -0.4 is 10.0 Å². The van der Waals surface area contributed by atoms with Gasteiger partial charge in [-0.25, -0.2) is 9.97 Å². The zero-order valence-corrected chi connectivity index (χ0v) is 20.1. The molecule has 0 bridgehead atoms. The number of carbonyl (C=O) groups is 1. The third kappa shape index (κ3) is 6.21. The summed E-state index contributed by atoms with van der Waals surface area (Å²) in [4.78, 5) is 25.4. The van der Waals surface area contributed by atoms with Gasteiger partial charge in [0.25, 0.3) is 0 Å². The maximum atomic E-state index is 13.1. The van der Waals surface area contributed by atoms with Crippen molar-refractivity contribution in [2.45, 2.75) is 31.5 Å². The van der Waals surface area contributed by atoms with Gasteiger partial charge in [0.1, 0.15) is 17.8 Å². The van der Waals surface area contributed by atoms with E-state index in [1.165, 1.54) is 12.5 Å². The second-order valence-electron chi connectivity index (χ2n) is 7.99. The van der Waals surface area contributed by atoms with Crippen molar-refractivity contribution in [3.8, 4) is 0 Å². The molecule has 34 heavy (non-hydrogen) atoms. The predicted octanol–water partition coefficient (Wildman–Crippen LogP) is 1.05. The second kappa shape index (κ2) is 10.2. The van der Waals surface area contributed by atoms with Gasteiger partial charge >= 0.3 is 10.3 Å². The average Bonchev–Trinajstić information content (AvgIpc) is 3.38. The van der Waals surface area contributed by atoms with E-state index in [0.717, 1.165) is 10.0 Å². The number of rotatable bonds is 9. The third-order valence-corrected chi connectivity index (χ3v) is 6.43. The Hall–Kier alpha value is -2.78. The van der Waals surface area contributed by atoms with Crippen LogP contribution in [0, 0.1) is 5.92 Å². The van der Waals surface area contributed by atoms with Crippen LogP contribution in [0.25, 0.3) is 0 Å². The average molecular weight is 552 g/mol. The quantitative estimate of drug-likeness (QED) is 0.222. The smallest absolute Gasteiger partial charge is 0.333 e. The molecule has 3 aromatic heterocycles. The van der Waals surface area contributed by atoms with Crippen LogP contribution >= 0.6 is 15.9 Å². The normalized spacial score (nSPS) is 20.4. The van der Waals surface area contributed by atoms with Crippen LogP contribution in [0.2, 0.25) is 0 Å². The van der Waals surface area contributed by atoms with Gasteiger partial charge < -0.3 is 10.4 Å². The van der Waals surface area contributed by atoms with Gasteiger partial charge in [-0.05, 0) is 46.5 Å². The summed E-state index contributed by atoms with van der Waals surface area (Å²) in [5.41, 5.74) is 1.37. The van der Waals surface area contributed by atoms with Gasteiger partial charge in [-0.3, -0.25) is 19.0 Å². The number of hydrogen-bond acceptors (Lipinski definition) is 9. The van der Waals surface area contributed by atoms with Gasteiger partial charge in [-0.1, -0.05) is 0 Å². The topological polar surface area (TPSA) is 172 Å². The molecule has 0 saturated heterocycles. The van der Waals surface area contributed by atoms with E-state index in [9.17, 15) is 18.3 Å². The molecule has 4 N–H and O–H groups in total. The number of carbonyl (C=O) groups excluding carboxylic acids is 1. The molecule has 1 aliphatic carbocycles. The van der Waals surface area contributed by atoms with Crippen LogP contribution in [-0.2, 0) is 16.8 Å².